The van der Waals surface area contributed by atoms with Gasteiger partial charge in [0.1, 0.15) is 11.8 Å². The molecular weight excluding hydrogens is 226 g/mol. The van der Waals surface area contributed by atoms with Crippen molar-refractivity contribution in [3.05, 3.63) is 35.2 Å². The molecule has 0 aliphatic carbocycles. The number of imidazole rings is 1. The number of aromatic amines is 1. The molecule has 0 radical (unpaired) electrons. The van der Waals surface area contributed by atoms with Crippen LogP contribution >= 0.6 is 11.6 Å². The first-order valence-electron chi connectivity index (χ1n) is 4.53. The number of ether oxygens (including phenoxy) is 1. The summed E-state index contributed by atoms with van der Waals surface area (Å²) in [4.78, 5) is 6.76. The van der Waals surface area contributed by atoms with Gasteiger partial charge in [-0.3, -0.25) is 0 Å². The van der Waals surface area contributed by atoms with Crippen molar-refractivity contribution in [1.82, 2.24) is 9.97 Å². The van der Waals surface area contributed by atoms with Gasteiger partial charge in [0.05, 0.1) is 24.0 Å². The number of rotatable bonds is 2. The number of nitrogens with zero attached hydrogens (tertiary/aromatic N) is 2. The van der Waals surface area contributed by atoms with E-state index < -0.39 is 0 Å². The molecule has 0 aliphatic rings. The highest BCUT2D eigenvalue weighted by atomic mass is 35.5. The normalized spacial score (nSPS) is 9.81. The van der Waals surface area contributed by atoms with Crippen LogP contribution < -0.4 is 4.74 Å². The Bertz CT molecular complexity index is 557. The van der Waals surface area contributed by atoms with Gasteiger partial charge in [0, 0.05) is 5.56 Å². The smallest absolute Gasteiger partial charge is 0.210 e. The topological polar surface area (TPSA) is 61.7 Å². The third kappa shape index (κ3) is 1.86. The maximum absolute atomic E-state index is 8.64. The molecule has 1 aromatic carbocycles. The van der Waals surface area contributed by atoms with Crippen LogP contribution in [0.15, 0.2) is 24.4 Å². The van der Waals surface area contributed by atoms with Crippen LogP contribution in [0.1, 0.15) is 5.82 Å². The predicted octanol–water partition coefficient (Wildman–Crippen LogP) is 2.61. The van der Waals surface area contributed by atoms with E-state index in [1.54, 1.807) is 25.4 Å². The van der Waals surface area contributed by atoms with Crippen molar-refractivity contribution in [2.45, 2.75) is 0 Å². The summed E-state index contributed by atoms with van der Waals surface area (Å²) in [5.41, 5.74) is 1.61. The van der Waals surface area contributed by atoms with E-state index in [1.807, 2.05) is 12.1 Å². The number of nitrogens with one attached hydrogen (secondary N) is 1. The van der Waals surface area contributed by atoms with Gasteiger partial charge in [-0.15, -0.1) is 0 Å². The fourth-order valence-electron chi connectivity index (χ4n) is 1.36. The number of hydrogen-bond donors (Lipinski definition) is 1. The molecule has 2 aromatic rings. The Balaban J connectivity index is 2.42. The minimum absolute atomic E-state index is 0.280. The summed E-state index contributed by atoms with van der Waals surface area (Å²) >= 11 is 6.00. The molecule has 2 rings (SSSR count). The lowest BCUT2D eigenvalue weighted by Gasteiger charge is -2.04. The van der Waals surface area contributed by atoms with E-state index in [0.29, 0.717) is 10.8 Å². The molecule has 0 unspecified atom stereocenters. The summed E-state index contributed by atoms with van der Waals surface area (Å²) in [6.45, 7) is 0. The Labute approximate surface area is 97.5 Å². The van der Waals surface area contributed by atoms with Crippen LogP contribution in [-0.2, 0) is 0 Å². The monoisotopic (exact) mass is 233 g/mol. The van der Waals surface area contributed by atoms with Gasteiger partial charge in [0.2, 0.25) is 5.82 Å². The first-order chi connectivity index (χ1) is 7.74. The summed E-state index contributed by atoms with van der Waals surface area (Å²) in [5.74, 6) is 0.896. The van der Waals surface area contributed by atoms with Crippen molar-refractivity contribution in [1.29, 1.82) is 5.26 Å². The van der Waals surface area contributed by atoms with Gasteiger partial charge in [-0.1, -0.05) is 11.6 Å². The molecule has 0 bridgehead atoms. The van der Waals surface area contributed by atoms with Crippen LogP contribution in [-0.4, -0.2) is 17.1 Å². The third-order valence-electron chi connectivity index (χ3n) is 2.14. The highest BCUT2D eigenvalue weighted by Gasteiger charge is 2.06. The average molecular weight is 234 g/mol. The quantitative estimate of drug-likeness (QED) is 0.867. The number of hydrogen-bond acceptors (Lipinski definition) is 3. The lowest BCUT2D eigenvalue weighted by Crippen LogP contribution is -1.85. The number of nitriles is 1. The molecule has 0 spiro atoms. The average Bonchev–Trinajstić information content (AvgIpc) is 2.77. The van der Waals surface area contributed by atoms with Gasteiger partial charge >= 0.3 is 0 Å². The van der Waals surface area contributed by atoms with Crippen LogP contribution in [0.4, 0.5) is 0 Å². The van der Waals surface area contributed by atoms with E-state index >= 15 is 0 Å². The van der Waals surface area contributed by atoms with Gasteiger partial charge in [0.25, 0.3) is 0 Å². The molecule has 1 aromatic heterocycles. The van der Waals surface area contributed by atoms with Crippen LogP contribution in [0.5, 0.6) is 5.75 Å². The first kappa shape index (κ1) is 10.5. The van der Waals surface area contributed by atoms with Crippen molar-refractivity contribution in [3.8, 4) is 23.1 Å². The van der Waals surface area contributed by atoms with Crippen LogP contribution in [0.3, 0.4) is 0 Å². The van der Waals surface area contributed by atoms with Gasteiger partial charge in [-0.05, 0) is 18.2 Å². The first-order valence-corrected chi connectivity index (χ1v) is 4.91. The molecule has 1 N–H and O–H groups in total. The fraction of sp³-hybridized carbons (Fsp3) is 0.0909. The third-order valence-corrected chi connectivity index (χ3v) is 2.44. The Morgan fingerprint density at radius 2 is 2.31 bits per heavy atom. The summed E-state index contributed by atoms with van der Waals surface area (Å²) in [7, 11) is 1.56. The number of aromatic nitrogens is 2. The standard InChI is InChI=1S/C11H8ClN3O/c1-16-10-3-2-7(4-8(10)12)9-6-14-11(5-13)15-9/h2-4,6H,1H3,(H,14,15). The minimum Gasteiger partial charge on any atom is -0.495 e. The van der Waals surface area contributed by atoms with Crippen molar-refractivity contribution in [2.24, 2.45) is 0 Å². The van der Waals surface area contributed by atoms with Crippen LogP contribution in [0, 0.1) is 11.3 Å². The predicted molar refractivity (Wildman–Crippen MR) is 60.3 cm³/mol. The summed E-state index contributed by atoms with van der Waals surface area (Å²) in [5, 5.41) is 9.17. The number of halogens is 1. The summed E-state index contributed by atoms with van der Waals surface area (Å²) in [6.07, 6.45) is 1.59. The highest BCUT2D eigenvalue weighted by molar-refractivity contribution is 6.32. The molecule has 0 fully saturated rings. The lowest BCUT2D eigenvalue weighted by molar-refractivity contribution is 0.415. The van der Waals surface area contributed by atoms with Gasteiger partial charge in [-0.2, -0.15) is 5.26 Å². The maximum atomic E-state index is 8.64. The summed E-state index contributed by atoms with van der Waals surface area (Å²) in [6, 6.07) is 7.30. The molecule has 0 atom stereocenters. The number of H-pyrrole nitrogens is 1. The zero-order valence-electron chi connectivity index (χ0n) is 8.49. The minimum atomic E-state index is 0.280. The zero-order chi connectivity index (χ0) is 11.5. The molecular formula is C11H8ClN3O. The molecule has 0 saturated carbocycles. The van der Waals surface area contributed by atoms with E-state index in [0.717, 1.165) is 11.3 Å². The molecule has 0 saturated heterocycles. The van der Waals surface area contributed by atoms with Gasteiger partial charge in [0.15, 0.2) is 0 Å². The van der Waals surface area contributed by atoms with E-state index in [4.69, 9.17) is 21.6 Å². The van der Waals surface area contributed by atoms with Crippen molar-refractivity contribution in [2.75, 3.05) is 7.11 Å². The molecule has 16 heavy (non-hydrogen) atoms. The van der Waals surface area contributed by atoms with E-state index in [-0.39, 0.29) is 5.82 Å². The Kier molecular flexibility index (Phi) is 2.80. The van der Waals surface area contributed by atoms with E-state index in [2.05, 4.69) is 9.97 Å². The SMILES string of the molecule is COc1ccc(-c2cnc(C#N)[nH]2)cc1Cl. The van der Waals surface area contributed by atoms with Gasteiger partial charge < -0.3 is 9.72 Å². The van der Waals surface area contributed by atoms with E-state index in [9.17, 15) is 0 Å². The second kappa shape index (κ2) is 4.25. The molecule has 0 amide bonds. The molecule has 1 heterocycles. The van der Waals surface area contributed by atoms with Crippen molar-refractivity contribution >= 4 is 11.6 Å². The van der Waals surface area contributed by atoms with E-state index in [1.165, 1.54) is 0 Å². The highest BCUT2D eigenvalue weighted by Crippen LogP contribution is 2.29. The zero-order valence-corrected chi connectivity index (χ0v) is 9.25. The second-order valence-electron chi connectivity index (χ2n) is 3.11. The Morgan fingerprint density at radius 1 is 1.50 bits per heavy atom. The van der Waals surface area contributed by atoms with Crippen molar-refractivity contribution < 1.29 is 4.74 Å². The number of methoxy groups -OCH3 is 1. The second-order valence-corrected chi connectivity index (χ2v) is 3.51. The maximum Gasteiger partial charge on any atom is 0.210 e. The number of benzene rings is 1. The van der Waals surface area contributed by atoms with Gasteiger partial charge in [-0.25, -0.2) is 4.98 Å². The Hall–Kier alpha value is -1.99. The Morgan fingerprint density at radius 3 is 2.88 bits per heavy atom. The molecule has 5 heteroatoms. The molecule has 0 aliphatic heterocycles. The largest absolute Gasteiger partial charge is 0.495 e. The molecule has 80 valence electrons. The van der Waals surface area contributed by atoms with Crippen LogP contribution in [0.2, 0.25) is 5.02 Å². The van der Waals surface area contributed by atoms with Crippen LogP contribution in [0.25, 0.3) is 11.3 Å². The molecule has 4 nitrogen and oxygen atoms in total. The van der Waals surface area contributed by atoms with Crippen molar-refractivity contribution in [3.63, 3.8) is 0 Å². The summed E-state index contributed by atoms with van der Waals surface area (Å²) < 4.78 is 5.05. The lowest BCUT2D eigenvalue weighted by atomic mass is 10.1. The fourth-order valence-corrected chi connectivity index (χ4v) is 1.62.